The lowest BCUT2D eigenvalue weighted by atomic mass is 10.1. The van der Waals surface area contributed by atoms with Gasteiger partial charge >= 0.3 is 5.97 Å². The van der Waals surface area contributed by atoms with Crippen LogP contribution in [0.1, 0.15) is 12.5 Å². The van der Waals surface area contributed by atoms with Gasteiger partial charge in [0.15, 0.2) is 0 Å². The van der Waals surface area contributed by atoms with Crippen LogP contribution in [-0.4, -0.2) is 29.2 Å². The number of nitro benzene ring substituents is 1. The zero-order valence-electron chi connectivity index (χ0n) is 10.0. The van der Waals surface area contributed by atoms with E-state index in [4.69, 9.17) is 9.84 Å². The van der Waals surface area contributed by atoms with E-state index in [-0.39, 0.29) is 12.2 Å². The Morgan fingerprint density at radius 3 is 2.72 bits per heavy atom. The molecule has 1 rings (SSSR count). The number of non-ortho nitro benzene ring substituents is 1. The maximum atomic E-state index is 10.7. The number of nitrogens with one attached hydrogen (secondary N) is 1. The van der Waals surface area contributed by atoms with Crippen molar-refractivity contribution < 1.29 is 19.6 Å². The molecule has 0 aliphatic rings. The third-order valence-electron chi connectivity index (χ3n) is 2.38. The molecule has 1 aromatic carbocycles. The molecule has 0 heterocycles. The molecule has 0 aromatic heterocycles. The number of hydrogen-bond donors (Lipinski definition) is 2. The van der Waals surface area contributed by atoms with Crippen molar-refractivity contribution in [3.63, 3.8) is 0 Å². The number of aliphatic carboxylic acids is 1. The Morgan fingerprint density at radius 1 is 1.56 bits per heavy atom. The fourth-order valence-electron chi connectivity index (χ4n) is 1.33. The summed E-state index contributed by atoms with van der Waals surface area (Å²) in [7, 11) is 1.41. The van der Waals surface area contributed by atoms with Gasteiger partial charge in [-0.1, -0.05) is 0 Å². The predicted octanol–water partition coefficient (Wildman–Crippen LogP) is 1.17. The molecule has 0 saturated carbocycles. The fourth-order valence-corrected chi connectivity index (χ4v) is 1.33. The zero-order chi connectivity index (χ0) is 13.7. The lowest BCUT2D eigenvalue weighted by molar-refractivity contribution is -0.385. The van der Waals surface area contributed by atoms with Crippen molar-refractivity contribution in [3.05, 3.63) is 33.9 Å². The molecule has 0 unspecified atom stereocenters. The molecule has 0 fully saturated rings. The molecule has 2 N–H and O–H groups in total. The number of nitro groups is 1. The second-order valence-electron chi connectivity index (χ2n) is 3.74. The molecule has 1 aromatic rings. The van der Waals surface area contributed by atoms with E-state index in [2.05, 4.69) is 5.32 Å². The van der Waals surface area contributed by atoms with Gasteiger partial charge in [0.25, 0.3) is 5.69 Å². The molecule has 0 aliphatic carbocycles. The van der Waals surface area contributed by atoms with Crippen molar-refractivity contribution in [2.75, 3.05) is 7.11 Å². The third-order valence-corrected chi connectivity index (χ3v) is 2.38. The van der Waals surface area contributed by atoms with Crippen LogP contribution in [0.5, 0.6) is 5.75 Å². The van der Waals surface area contributed by atoms with Crippen LogP contribution in [0.4, 0.5) is 5.69 Å². The van der Waals surface area contributed by atoms with Gasteiger partial charge in [-0.2, -0.15) is 0 Å². The first kappa shape index (κ1) is 13.9. The highest BCUT2D eigenvalue weighted by Crippen LogP contribution is 2.22. The van der Waals surface area contributed by atoms with Gasteiger partial charge in [0.1, 0.15) is 11.8 Å². The quantitative estimate of drug-likeness (QED) is 0.583. The van der Waals surface area contributed by atoms with Crippen molar-refractivity contribution >= 4 is 11.7 Å². The Bertz CT molecular complexity index is 461. The van der Waals surface area contributed by atoms with E-state index >= 15 is 0 Å². The topological polar surface area (TPSA) is 102 Å². The van der Waals surface area contributed by atoms with E-state index in [1.807, 2.05) is 0 Å². The second-order valence-corrected chi connectivity index (χ2v) is 3.74. The predicted molar refractivity (Wildman–Crippen MR) is 63.6 cm³/mol. The summed E-state index contributed by atoms with van der Waals surface area (Å²) in [6, 6.07) is 3.58. The Balaban J connectivity index is 2.85. The Kier molecular flexibility index (Phi) is 4.61. The van der Waals surface area contributed by atoms with Gasteiger partial charge in [0.2, 0.25) is 0 Å². The van der Waals surface area contributed by atoms with Crippen molar-refractivity contribution in [2.24, 2.45) is 0 Å². The molecule has 0 amide bonds. The minimum atomic E-state index is -0.979. The molecule has 7 heteroatoms. The van der Waals surface area contributed by atoms with Crippen LogP contribution in [0.15, 0.2) is 18.2 Å². The van der Waals surface area contributed by atoms with Gasteiger partial charge in [-0.25, -0.2) is 0 Å². The largest absolute Gasteiger partial charge is 0.496 e. The number of carbonyl (C=O) groups is 1. The minimum absolute atomic E-state index is 0.0888. The lowest BCUT2D eigenvalue weighted by Gasteiger charge is -2.10. The minimum Gasteiger partial charge on any atom is -0.496 e. The average molecular weight is 254 g/mol. The van der Waals surface area contributed by atoms with Crippen LogP contribution in [-0.2, 0) is 11.3 Å². The lowest BCUT2D eigenvalue weighted by Crippen LogP contribution is -2.33. The number of rotatable bonds is 6. The van der Waals surface area contributed by atoms with Crippen LogP contribution in [0.3, 0.4) is 0 Å². The zero-order valence-corrected chi connectivity index (χ0v) is 10.0. The van der Waals surface area contributed by atoms with Crippen LogP contribution in [0.2, 0.25) is 0 Å². The van der Waals surface area contributed by atoms with Gasteiger partial charge in [0.05, 0.1) is 18.1 Å². The van der Waals surface area contributed by atoms with Gasteiger partial charge in [-0.05, 0) is 18.6 Å². The molecule has 7 nitrogen and oxygen atoms in total. The van der Waals surface area contributed by atoms with Gasteiger partial charge in [-0.3, -0.25) is 14.9 Å². The van der Waals surface area contributed by atoms with E-state index in [1.165, 1.54) is 26.2 Å². The summed E-state index contributed by atoms with van der Waals surface area (Å²) in [5, 5.41) is 22.1. The maximum absolute atomic E-state index is 10.7. The van der Waals surface area contributed by atoms with Crippen LogP contribution >= 0.6 is 0 Å². The van der Waals surface area contributed by atoms with E-state index < -0.39 is 16.9 Å². The number of ether oxygens (including phenoxy) is 1. The fraction of sp³-hybridized carbons (Fsp3) is 0.364. The van der Waals surface area contributed by atoms with Gasteiger partial charge < -0.3 is 15.2 Å². The maximum Gasteiger partial charge on any atom is 0.320 e. The van der Waals surface area contributed by atoms with E-state index in [9.17, 15) is 14.9 Å². The summed E-state index contributed by atoms with van der Waals surface area (Å²) in [5.41, 5.74) is 0.503. The van der Waals surface area contributed by atoms with E-state index in [0.29, 0.717) is 11.3 Å². The second kappa shape index (κ2) is 5.97. The van der Waals surface area contributed by atoms with Crippen molar-refractivity contribution in [2.45, 2.75) is 19.5 Å². The van der Waals surface area contributed by atoms with Crippen molar-refractivity contribution in [1.29, 1.82) is 0 Å². The highest BCUT2D eigenvalue weighted by atomic mass is 16.6. The number of carboxylic acid groups (broad SMARTS) is 1. The Morgan fingerprint density at radius 2 is 2.22 bits per heavy atom. The van der Waals surface area contributed by atoms with Gasteiger partial charge in [0, 0.05) is 12.6 Å². The molecule has 0 aliphatic heterocycles. The monoisotopic (exact) mass is 254 g/mol. The summed E-state index contributed by atoms with van der Waals surface area (Å²) in [6.07, 6.45) is 0. The number of nitrogens with zero attached hydrogens (tertiary/aromatic N) is 1. The van der Waals surface area contributed by atoms with Crippen molar-refractivity contribution in [1.82, 2.24) is 5.32 Å². The summed E-state index contributed by atoms with van der Waals surface area (Å²) >= 11 is 0. The standard InChI is InChI=1S/C11H14N2O5/c1-7(11(14)15)12-6-8-3-9(13(16)17)5-10(4-8)18-2/h3-5,7,12H,6H2,1-2H3,(H,14,15)/t7-/m0/s1. The SMILES string of the molecule is COc1cc(CN[C@@H](C)C(=O)O)cc([N+](=O)[O-])c1. The molecular weight excluding hydrogens is 240 g/mol. The van der Waals surface area contributed by atoms with E-state index in [0.717, 1.165) is 0 Å². The summed E-state index contributed by atoms with van der Waals surface area (Å²) < 4.78 is 4.95. The summed E-state index contributed by atoms with van der Waals surface area (Å²) in [6.45, 7) is 1.71. The first-order valence-corrected chi connectivity index (χ1v) is 5.22. The molecule has 0 radical (unpaired) electrons. The van der Waals surface area contributed by atoms with Crippen LogP contribution < -0.4 is 10.1 Å². The molecule has 0 saturated heterocycles. The Hall–Kier alpha value is -2.15. The number of benzene rings is 1. The van der Waals surface area contributed by atoms with Crippen LogP contribution in [0, 0.1) is 10.1 Å². The number of carboxylic acids is 1. The van der Waals surface area contributed by atoms with Crippen molar-refractivity contribution in [3.8, 4) is 5.75 Å². The molecule has 0 spiro atoms. The first-order chi connectivity index (χ1) is 8.43. The Labute approximate surface area is 104 Å². The molecule has 98 valence electrons. The molecular formula is C11H14N2O5. The number of hydrogen-bond acceptors (Lipinski definition) is 5. The first-order valence-electron chi connectivity index (χ1n) is 5.22. The average Bonchev–Trinajstić information content (AvgIpc) is 2.35. The smallest absolute Gasteiger partial charge is 0.320 e. The highest BCUT2D eigenvalue weighted by molar-refractivity contribution is 5.72. The number of methoxy groups -OCH3 is 1. The third kappa shape index (κ3) is 3.70. The molecule has 18 heavy (non-hydrogen) atoms. The van der Waals surface area contributed by atoms with Gasteiger partial charge in [-0.15, -0.1) is 0 Å². The molecule has 0 bridgehead atoms. The van der Waals surface area contributed by atoms with Crippen LogP contribution in [0.25, 0.3) is 0 Å². The van der Waals surface area contributed by atoms with E-state index in [1.54, 1.807) is 6.07 Å². The normalized spacial score (nSPS) is 11.9. The summed E-state index contributed by atoms with van der Waals surface area (Å²) in [4.78, 5) is 20.8. The summed E-state index contributed by atoms with van der Waals surface area (Å²) in [5.74, 6) is -0.614. The highest BCUT2D eigenvalue weighted by Gasteiger charge is 2.13. The molecule has 1 atom stereocenters.